The Labute approximate surface area is 170 Å². The third kappa shape index (κ3) is 6.57. The SMILES string of the molecule is O=C(CC1CCCC1)NCc1ccc(NC(=O)NCc2ccc(Cl)cc2)cc1. The molecule has 0 atom stereocenters. The average molecular weight is 400 g/mol. The van der Waals surface area contributed by atoms with Gasteiger partial charge in [0.2, 0.25) is 5.91 Å². The van der Waals surface area contributed by atoms with Crippen LogP contribution in [-0.2, 0) is 17.9 Å². The lowest BCUT2D eigenvalue weighted by molar-refractivity contribution is -0.122. The van der Waals surface area contributed by atoms with Gasteiger partial charge in [0.15, 0.2) is 0 Å². The molecule has 6 heteroatoms. The van der Waals surface area contributed by atoms with E-state index in [4.69, 9.17) is 11.6 Å². The molecular formula is C22H26ClN3O2. The van der Waals surface area contributed by atoms with E-state index >= 15 is 0 Å². The zero-order valence-electron chi connectivity index (χ0n) is 15.8. The molecule has 0 heterocycles. The van der Waals surface area contributed by atoms with Gasteiger partial charge < -0.3 is 16.0 Å². The van der Waals surface area contributed by atoms with E-state index in [-0.39, 0.29) is 11.9 Å². The fraction of sp³-hybridized carbons (Fsp3) is 0.364. The fourth-order valence-electron chi connectivity index (χ4n) is 3.42. The molecule has 0 aliphatic heterocycles. The topological polar surface area (TPSA) is 70.2 Å². The van der Waals surface area contributed by atoms with Crippen molar-refractivity contribution in [3.8, 4) is 0 Å². The minimum Gasteiger partial charge on any atom is -0.352 e. The zero-order valence-corrected chi connectivity index (χ0v) is 16.6. The van der Waals surface area contributed by atoms with E-state index in [0.29, 0.717) is 36.1 Å². The van der Waals surface area contributed by atoms with Crippen LogP contribution in [0.15, 0.2) is 48.5 Å². The Hall–Kier alpha value is -2.53. The van der Waals surface area contributed by atoms with Crippen molar-refractivity contribution in [3.63, 3.8) is 0 Å². The van der Waals surface area contributed by atoms with Crippen molar-refractivity contribution >= 4 is 29.2 Å². The highest BCUT2D eigenvalue weighted by Gasteiger charge is 2.18. The maximum absolute atomic E-state index is 12.0. The van der Waals surface area contributed by atoms with Crippen molar-refractivity contribution in [2.75, 3.05) is 5.32 Å². The van der Waals surface area contributed by atoms with E-state index in [0.717, 1.165) is 11.1 Å². The largest absolute Gasteiger partial charge is 0.352 e. The van der Waals surface area contributed by atoms with Gasteiger partial charge in [-0.15, -0.1) is 0 Å². The highest BCUT2D eigenvalue weighted by molar-refractivity contribution is 6.30. The van der Waals surface area contributed by atoms with Gasteiger partial charge >= 0.3 is 6.03 Å². The molecule has 2 aromatic carbocycles. The van der Waals surface area contributed by atoms with E-state index in [1.54, 1.807) is 12.1 Å². The lowest BCUT2D eigenvalue weighted by Crippen LogP contribution is -2.28. The number of hydrogen-bond donors (Lipinski definition) is 3. The second kappa shape index (κ2) is 10.1. The number of carbonyl (C=O) groups is 2. The summed E-state index contributed by atoms with van der Waals surface area (Å²) in [6.45, 7) is 0.933. The molecule has 0 aromatic heterocycles. The normalized spacial score (nSPS) is 13.9. The second-order valence-electron chi connectivity index (χ2n) is 7.26. The van der Waals surface area contributed by atoms with Gasteiger partial charge in [0, 0.05) is 30.2 Å². The van der Waals surface area contributed by atoms with Crippen molar-refractivity contribution in [3.05, 3.63) is 64.7 Å². The van der Waals surface area contributed by atoms with Gasteiger partial charge in [-0.3, -0.25) is 4.79 Å². The molecule has 5 nitrogen and oxygen atoms in total. The zero-order chi connectivity index (χ0) is 19.8. The average Bonchev–Trinajstić information content (AvgIpc) is 3.20. The van der Waals surface area contributed by atoms with Crippen LogP contribution in [0.5, 0.6) is 0 Å². The van der Waals surface area contributed by atoms with Gasteiger partial charge in [-0.05, 0) is 54.2 Å². The molecular weight excluding hydrogens is 374 g/mol. The number of rotatable bonds is 7. The number of benzene rings is 2. The number of carbonyl (C=O) groups excluding carboxylic acids is 2. The summed E-state index contributed by atoms with van der Waals surface area (Å²) in [7, 11) is 0. The van der Waals surface area contributed by atoms with E-state index in [1.807, 2.05) is 36.4 Å². The molecule has 3 amide bonds. The molecule has 2 aromatic rings. The summed E-state index contributed by atoms with van der Waals surface area (Å²) in [6.07, 6.45) is 5.48. The molecule has 1 aliphatic carbocycles. The third-order valence-electron chi connectivity index (χ3n) is 5.02. The Kier molecular flexibility index (Phi) is 7.31. The second-order valence-corrected chi connectivity index (χ2v) is 7.70. The van der Waals surface area contributed by atoms with Crippen molar-refractivity contribution in [2.45, 2.75) is 45.2 Å². The van der Waals surface area contributed by atoms with Crippen LogP contribution in [0.4, 0.5) is 10.5 Å². The molecule has 0 spiro atoms. The minimum atomic E-state index is -0.271. The first-order valence-electron chi connectivity index (χ1n) is 9.73. The molecule has 3 N–H and O–H groups in total. The Balaban J connectivity index is 1.38. The summed E-state index contributed by atoms with van der Waals surface area (Å²) < 4.78 is 0. The monoisotopic (exact) mass is 399 g/mol. The van der Waals surface area contributed by atoms with Crippen molar-refractivity contribution in [1.82, 2.24) is 10.6 Å². The van der Waals surface area contributed by atoms with Gasteiger partial charge in [0.05, 0.1) is 0 Å². The quantitative estimate of drug-likeness (QED) is 0.622. The van der Waals surface area contributed by atoms with Gasteiger partial charge in [-0.1, -0.05) is 48.7 Å². The van der Waals surface area contributed by atoms with E-state index in [9.17, 15) is 9.59 Å². The smallest absolute Gasteiger partial charge is 0.319 e. The van der Waals surface area contributed by atoms with Crippen molar-refractivity contribution < 1.29 is 9.59 Å². The number of urea groups is 1. The first kappa shape index (κ1) is 20.2. The number of amides is 3. The summed E-state index contributed by atoms with van der Waals surface area (Å²) in [5.74, 6) is 0.675. The summed E-state index contributed by atoms with van der Waals surface area (Å²) in [6, 6.07) is 14.5. The number of anilines is 1. The van der Waals surface area contributed by atoms with Gasteiger partial charge in [-0.2, -0.15) is 0 Å². The molecule has 0 unspecified atom stereocenters. The van der Waals surface area contributed by atoms with E-state index in [2.05, 4.69) is 16.0 Å². The first-order chi connectivity index (χ1) is 13.6. The summed E-state index contributed by atoms with van der Waals surface area (Å²) in [4.78, 5) is 24.0. The van der Waals surface area contributed by atoms with Crippen molar-refractivity contribution in [1.29, 1.82) is 0 Å². The first-order valence-corrected chi connectivity index (χ1v) is 10.1. The van der Waals surface area contributed by atoms with E-state index in [1.165, 1.54) is 25.7 Å². The molecule has 0 saturated heterocycles. The Morgan fingerprint density at radius 2 is 1.43 bits per heavy atom. The van der Waals surface area contributed by atoms with Crippen LogP contribution in [0.1, 0.15) is 43.2 Å². The summed E-state index contributed by atoms with van der Waals surface area (Å²) >= 11 is 5.85. The fourth-order valence-corrected chi connectivity index (χ4v) is 3.54. The van der Waals surface area contributed by atoms with Crippen LogP contribution < -0.4 is 16.0 Å². The Bertz CT molecular complexity index is 784. The number of halogens is 1. The molecule has 0 bridgehead atoms. The lowest BCUT2D eigenvalue weighted by atomic mass is 10.0. The van der Waals surface area contributed by atoms with Gasteiger partial charge in [0.25, 0.3) is 0 Å². The van der Waals surface area contributed by atoms with Crippen LogP contribution in [-0.4, -0.2) is 11.9 Å². The van der Waals surface area contributed by atoms with Crippen LogP contribution >= 0.6 is 11.6 Å². The summed E-state index contributed by atoms with van der Waals surface area (Å²) in [5.41, 5.74) is 2.68. The molecule has 1 fully saturated rings. The third-order valence-corrected chi connectivity index (χ3v) is 5.27. The standard InChI is InChI=1S/C22H26ClN3O2/c23-19-9-5-17(6-10-19)15-25-22(28)26-20-11-7-18(8-12-20)14-24-21(27)13-16-3-1-2-4-16/h5-12,16H,1-4,13-15H2,(H,24,27)(H2,25,26,28). The number of hydrogen-bond acceptors (Lipinski definition) is 2. The molecule has 0 radical (unpaired) electrons. The Morgan fingerprint density at radius 1 is 0.857 bits per heavy atom. The molecule has 148 valence electrons. The molecule has 28 heavy (non-hydrogen) atoms. The molecule has 3 rings (SSSR count). The maximum Gasteiger partial charge on any atom is 0.319 e. The molecule has 1 aliphatic rings. The minimum absolute atomic E-state index is 0.121. The highest BCUT2D eigenvalue weighted by Crippen LogP contribution is 2.27. The predicted octanol–water partition coefficient (Wildman–Crippen LogP) is 4.86. The van der Waals surface area contributed by atoms with E-state index < -0.39 is 0 Å². The molecule has 1 saturated carbocycles. The predicted molar refractivity (Wildman–Crippen MR) is 112 cm³/mol. The van der Waals surface area contributed by atoms with Crippen molar-refractivity contribution in [2.24, 2.45) is 5.92 Å². The maximum atomic E-state index is 12.0. The lowest BCUT2D eigenvalue weighted by Gasteiger charge is -2.11. The Morgan fingerprint density at radius 3 is 2.07 bits per heavy atom. The van der Waals surface area contributed by atoms with Crippen LogP contribution in [0.3, 0.4) is 0 Å². The van der Waals surface area contributed by atoms with Gasteiger partial charge in [-0.25, -0.2) is 4.79 Å². The van der Waals surface area contributed by atoms with Crippen LogP contribution in [0.25, 0.3) is 0 Å². The van der Waals surface area contributed by atoms with Crippen LogP contribution in [0, 0.1) is 5.92 Å². The van der Waals surface area contributed by atoms with Crippen LogP contribution in [0.2, 0.25) is 5.02 Å². The highest BCUT2D eigenvalue weighted by atomic mass is 35.5. The number of nitrogens with one attached hydrogen (secondary N) is 3. The van der Waals surface area contributed by atoms with Gasteiger partial charge in [0.1, 0.15) is 0 Å². The summed E-state index contributed by atoms with van der Waals surface area (Å²) in [5, 5.41) is 9.26.